The molecule has 1 aromatic rings. The van der Waals surface area contributed by atoms with Crippen LogP contribution in [0.25, 0.3) is 0 Å². The van der Waals surface area contributed by atoms with Gasteiger partial charge in [-0.3, -0.25) is 0 Å². The minimum atomic E-state index is 0.409. The molecular weight excluding hydrogens is 231 g/mol. The van der Waals surface area contributed by atoms with Gasteiger partial charge in [-0.05, 0) is 12.0 Å². The molecule has 1 nitrogen and oxygen atoms in total. The number of carbonyl (C=O) groups is 1. The molecule has 100 valence electrons. The average Bonchev–Trinajstić information content (AvgIpc) is 2.45. The molecule has 0 radical (unpaired) electrons. The average molecular weight is 254 g/mol. The lowest BCUT2D eigenvalue weighted by atomic mass is 9.25. The van der Waals surface area contributed by atoms with Gasteiger partial charge in [-0.2, -0.15) is 0 Å². The molecule has 0 saturated carbocycles. The predicted molar refractivity (Wildman–Crippen MR) is 80.7 cm³/mol. The lowest BCUT2D eigenvalue weighted by molar-refractivity contribution is -0.112. The fourth-order valence-corrected chi connectivity index (χ4v) is 4.28. The molecule has 2 saturated heterocycles. The van der Waals surface area contributed by atoms with Gasteiger partial charge in [-0.15, -0.1) is 0 Å². The van der Waals surface area contributed by atoms with Crippen molar-refractivity contribution in [2.24, 2.45) is 0 Å². The first kappa shape index (κ1) is 13.0. The smallest absolute Gasteiger partial charge is 0.229 e. The molecule has 3 rings (SSSR count). The largest absolute Gasteiger partial charge is 0.311 e. The van der Waals surface area contributed by atoms with Crippen LogP contribution in [0.5, 0.6) is 0 Å². The van der Waals surface area contributed by atoms with E-state index in [4.69, 9.17) is 0 Å². The van der Waals surface area contributed by atoms with E-state index in [2.05, 4.69) is 24.3 Å². The van der Waals surface area contributed by atoms with Gasteiger partial charge in [0, 0.05) is 6.42 Å². The molecule has 0 aromatic heterocycles. The van der Waals surface area contributed by atoms with Crippen LogP contribution in [0.3, 0.4) is 0 Å². The highest BCUT2D eigenvalue weighted by atomic mass is 16.1. The minimum absolute atomic E-state index is 0.409. The Morgan fingerprint density at radius 3 is 2.16 bits per heavy atom. The second-order valence-electron chi connectivity index (χ2n) is 6.36. The molecule has 0 unspecified atom stereocenters. The number of hydrogen-bond acceptors (Lipinski definition) is 1. The molecule has 0 N–H and O–H groups in total. The summed E-state index contributed by atoms with van der Waals surface area (Å²) < 4.78 is 0. The maximum absolute atomic E-state index is 12.6. The Balaban J connectivity index is 1.60. The van der Waals surface area contributed by atoms with Gasteiger partial charge in [-0.1, -0.05) is 80.5 Å². The summed E-state index contributed by atoms with van der Waals surface area (Å²) in [6.07, 6.45) is 9.61. The van der Waals surface area contributed by atoms with Gasteiger partial charge in [0.1, 0.15) is 0 Å². The molecule has 2 bridgehead atoms. The van der Waals surface area contributed by atoms with Crippen molar-refractivity contribution in [3.8, 4) is 0 Å². The molecule has 2 heteroatoms. The molecule has 0 aliphatic carbocycles. The fraction of sp³-hybridized carbons (Fsp3) is 0.588. The molecule has 2 fully saturated rings. The summed E-state index contributed by atoms with van der Waals surface area (Å²) in [5.74, 6) is 1.44. The third kappa shape index (κ3) is 2.93. The lowest BCUT2D eigenvalue weighted by Crippen LogP contribution is -2.41. The van der Waals surface area contributed by atoms with Crippen LogP contribution in [-0.2, 0) is 11.2 Å². The number of benzene rings is 1. The highest BCUT2D eigenvalue weighted by Crippen LogP contribution is 2.46. The molecule has 2 heterocycles. The Labute approximate surface area is 116 Å². The van der Waals surface area contributed by atoms with Crippen molar-refractivity contribution >= 4 is 12.4 Å². The van der Waals surface area contributed by atoms with E-state index in [1.54, 1.807) is 0 Å². The number of carbonyl (C=O) groups excluding carboxylic acids is 1. The summed E-state index contributed by atoms with van der Waals surface area (Å²) in [4.78, 5) is 12.6. The standard InChI is InChI=1S/C17H23BO/c19-17(13-12-14-6-2-1-3-7-14)18-15-8-4-9-16(18)11-5-10-15/h1-3,6-7,15-16H,4-5,8-13H2. The molecular formula is C17H23BO. The molecule has 0 spiro atoms. The van der Waals surface area contributed by atoms with Crippen LogP contribution in [0.2, 0.25) is 11.6 Å². The van der Waals surface area contributed by atoms with Crippen molar-refractivity contribution in [2.45, 2.75) is 63.0 Å². The van der Waals surface area contributed by atoms with Gasteiger partial charge in [0.05, 0.1) is 5.68 Å². The van der Waals surface area contributed by atoms with Crippen LogP contribution in [-0.4, -0.2) is 12.4 Å². The van der Waals surface area contributed by atoms with Gasteiger partial charge in [0.15, 0.2) is 0 Å². The fourth-order valence-electron chi connectivity index (χ4n) is 4.28. The van der Waals surface area contributed by atoms with E-state index >= 15 is 0 Å². The highest BCUT2D eigenvalue weighted by molar-refractivity contribution is 6.92. The first-order valence-electron chi connectivity index (χ1n) is 7.91. The topological polar surface area (TPSA) is 17.1 Å². The Morgan fingerprint density at radius 1 is 1.00 bits per heavy atom. The van der Waals surface area contributed by atoms with E-state index < -0.39 is 0 Å². The van der Waals surface area contributed by atoms with E-state index in [-0.39, 0.29) is 0 Å². The summed E-state index contributed by atoms with van der Waals surface area (Å²) in [6.45, 7) is 0.409. The summed E-state index contributed by atoms with van der Waals surface area (Å²) >= 11 is 0. The third-order valence-corrected chi connectivity index (χ3v) is 5.19. The summed E-state index contributed by atoms with van der Waals surface area (Å²) in [5.41, 5.74) is 1.86. The van der Waals surface area contributed by atoms with Gasteiger partial charge in [0.25, 0.3) is 0 Å². The Hall–Kier alpha value is -1.05. The third-order valence-electron chi connectivity index (χ3n) is 5.19. The quantitative estimate of drug-likeness (QED) is 0.731. The van der Waals surface area contributed by atoms with Crippen LogP contribution in [0.1, 0.15) is 50.5 Å². The van der Waals surface area contributed by atoms with Gasteiger partial charge < -0.3 is 4.79 Å². The number of aryl methyl sites for hydroxylation is 1. The zero-order valence-corrected chi connectivity index (χ0v) is 11.7. The monoisotopic (exact) mass is 254 g/mol. The van der Waals surface area contributed by atoms with Crippen molar-refractivity contribution in [1.29, 1.82) is 0 Å². The van der Waals surface area contributed by atoms with Crippen molar-refractivity contribution in [2.75, 3.05) is 0 Å². The number of hydrogen-bond donors (Lipinski definition) is 0. The first-order chi connectivity index (χ1) is 9.34. The number of rotatable bonds is 4. The highest BCUT2D eigenvalue weighted by Gasteiger charge is 2.43. The summed E-state index contributed by atoms with van der Waals surface area (Å²) in [6, 6.07) is 10.4. The normalized spacial score (nSPS) is 26.2. The minimum Gasteiger partial charge on any atom is -0.311 e. The van der Waals surface area contributed by atoms with E-state index in [9.17, 15) is 4.79 Å². The SMILES string of the molecule is O=C(CCc1ccccc1)B1C2CCCC1CCC2. The maximum Gasteiger partial charge on any atom is 0.229 e. The maximum atomic E-state index is 12.6. The van der Waals surface area contributed by atoms with Crippen molar-refractivity contribution in [3.05, 3.63) is 35.9 Å². The second kappa shape index (κ2) is 5.94. The molecule has 19 heavy (non-hydrogen) atoms. The van der Waals surface area contributed by atoms with Crippen LogP contribution in [0.4, 0.5) is 0 Å². The van der Waals surface area contributed by atoms with Crippen LogP contribution in [0.15, 0.2) is 30.3 Å². The van der Waals surface area contributed by atoms with Crippen LogP contribution < -0.4 is 0 Å². The van der Waals surface area contributed by atoms with Crippen LogP contribution >= 0.6 is 0 Å². The Kier molecular flexibility index (Phi) is 4.05. The van der Waals surface area contributed by atoms with Gasteiger partial charge in [0.2, 0.25) is 6.71 Å². The van der Waals surface area contributed by atoms with Gasteiger partial charge in [-0.25, -0.2) is 0 Å². The molecule has 2 aliphatic heterocycles. The number of fused-ring (bicyclic) bond motifs is 2. The van der Waals surface area contributed by atoms with E-state index in [1.807, 2.05) is 6.07 Å². The van der Waals surface area contributed by atoms with Crippen molar-refractivity contribution in [3.63, 3.8) is 0 Å². The summed E-state index contributed by atoms with van der Waals surface area (Å²) in [5, 5.41) is 0. The zero-order chi connectivity index (χ0) is 13.1. The first-order valence-corrected chi connectivity index (χ1v) is 7.91. The molecule has 0 amide bonds. The predicted octanol–water partition coefficient (Wildman–Crippen LogP) is 4.33. The Bertz CT molecular complexity index is 406. The van der Waals surface area contributed by atoms with Crippen molar-refractivity contribution in [1.82, 2.24) is 0 Å². The van der Waals surface area contributed by atoms with E-state index in [0.717, 1.165) is 24.5 Å². The Morgan fingerprint density at radius 2 is 1.58 bits per heavy atom. The van der Waals surface area contributed by atoms with E-state index in [1.165, 1.54) is 44.1 Å². The molecule has 1 aromatic carbocycles. The second-order valence-corrected chi connectivity index (χ2v) is 6.36. The molecule has 2 aliphatic rings. The lowest BCUT2D eigenvalue weighted by Gasteiger charge is -2.39. The van der Waals surface area contributed by atoms with Gasteiger partial charge >= 0.3 is 0 Å². The molecule has 0 atom stereocenters. The van der Waals surface area contributed by atoms with E-state index in [0.29, 0.717) is 12.4 Å². The summed E-state index contributed by atoms with van der Waals surface area (Å²) in [7, 11) is 0. The van der Waals surface area contributed by atoms with Crippen molar-refractivity contribution < 1.29 is 4.79 Å². The zero-order valence-electron chi connectivity index (χ0n) is 11.7. The van der Waals surface area contributed by atoms with Crippen LogP contribution in [0, 0.1) is 0 Å².